The Morgan fingerprint density at radius 1 is 0.857 bits per heavy atom. The van der Waals surface area contributed by atoms with Crippen LogP contribution in [0.25, 0.3) is 0 Å². The van der Waals surface area contributed by atoms with Crippen molar-refractivity contribution >= 4 is 11.9 Å². The first kappa shape index (κ1) is 9.49. The fraction of sp³-hybridized carbons (Fsp3) is 0.800. The van der Waals surface area contributed by atoms with Crippen molar-refractivity contribution in [1.82, 2.24) is 0 Å². The first-order valence-electron chi connectivity index (χ1n) is 5.14. The second kappa shape index (κ2) is 3.98. The van der Waals surface area contributed by atoms with Gasteiger partial charge >= 0.3 is 11.9 Å². The monoisotopic (exact) mass is 198 g/mol. The van der Waals surface area contributed by atoms with Crippen LogP contribution < -0.4 is 0 Å². The summed E-state index contributed by atoms with van der Waals surface area (Å²) in [5.74, 6) is -0.881. The highest BCUT2D eigenvalue weighted by atomic mass is 16.6. The second-order valence-corrected chi connectivity index (χ2v) is 3.87. The SMILES string of the molecule is O=C1CC(=O)O[C@@H]2CCCCC[C@@H]2O1. The van der Waals surface area contributed by atoms with E-state index in [1.807, 2.05) is 0 Å². The van der Waals surface area contributed by atoms with Gasteiger partial charge in [0.15, 0.2) is 0 Å². The molecule has 0 aromatic rings. The Balaban J connectivity index is 2.10. The highest BCUT2D eigenvalue weighted by molar-refractivity contribution is 5.91. The Kier molecular flexibility index (Phi) is 2.70. The molecule has 1 aliphatic heterocycles. The first-order valence-corrected chi connectivity index (χ1v) is 5.14. The van der Waals surface area contributed by atoms with Gasteiger partial charge in [0.1, 0.15) is 18.6 Å². The van der Waals surface area contributed by atoms with Crippen molar-refractivity contribution < 1.29 is 19.1 Å². The van der Waals surface area contributed by atoms with Crippen LogP contribution in [0, 0.1) is 0 Å². The molecule has 2 atom stereocenters. The van der Waals surface area contributed by atoms with Crippen molar-refractivity contribution in [2.24, 2.45) is 0 Å². The maximum absolute atomic E-state index is 11.1. The molecule has 78 valence electrons. The van der Waals surface area contributed by atoms with Gasteiger partial charge in [-0.15, -0.1) is 0 Å². The summed E-state index contributed by atoms with van der Waals surface area (Å²) in [6, 6.07) is 0. The molecule has 4 heteroatoms. The average Bonchev–Trinajstić information content (AvgIpc) is 2.36. The zero-order chi connectivity index (χ0) is 9.97. The number of hydrogen-bond donors (Lipinski definition) is 0. The summed E-state index contributed by atoms with van der Waals surface area (Å²) in [6.45, 7) is 0. The highest BCUT2D eigenvalue weighted by Gasteiger charge is 2.34. The molecule has 2 fully saturated rings. The molecule has 0 radical (unpaired) electrons. The number of fused-ring (bicyclic) bond motifs is 1. The van der Waals surface area contributed by atoms with Gasteiger partial charge in [-0.3, -0.25) is 9.59 Å². The Morgan fingerprint density at radius 2 is 1.36 bits per heavy atom. The molecule has 0 bridgehead atoms. The number of hydrogen-bond acceptors (Lipinski definition) is 4. The van der Waals surface area contributed by atoms with E-state index < -0.39 is 11.9 Å². The van der Waals surface area contributed by atoms with Crippen LogP contribution in [0.5, 0.6) is 0 Å². The van der Waals surface area contributed by atoms with E-state index in [1.54, 1.807) is 0 Å². The van der Waals surface area contributed by atoms with Gasteiger partial charge in [-0.05, 0) is 25.7 Å². The molecule has 14 heavy (non-hydrogen) atoms. The van der Waals surface area contributed by atoms with E-state index in [9.17, 15) is 9.59 Å². The topological polar surface area (TPSA) is 52.6 Å². The fourth-order valence-electron chi connectivity index (χ4n) is 2.05. The van der Waals surface area contributed by atoms with Gasteiger partial charge in [-0.1, -0.05) is 6.42 Å². The lowest BCUT2D eigenvalue weighted by atomic mass is 10.1. The Hall–Kier alpha value is -1.06. The van der Waals surface area contributed by atoms with E-state index in [0.717, 1.165) is 32.1 Å². The van der Waals surface area contributed by atoms with Crippen LogP contribution in [0.4, 0.5) is 0 Å². The van der Waals surface area contributed by atoms with Crippen molar-refractivity contribution in [3.8, 4) is 0 Å². The van der Waals surface area contributed by atoms with E-state index in [2.05, 4.69) is 0 Å². The van der Waals surface area contributed by atoms with Gasteiger partial charge in [0.25, 0.3) is 0 Å². The van der Waals surface area contributed by atoms with Crippen molar-refractivity contribution in [2.75, 3.05) is 0 Å². The lowest BCUT2D eigenvalue weighted by molar-refractivity contribution is -0.151. The Morgan fingerprint density at radius 3 is 1.86 bits per heavy atom. The van der Waals surface area contributed by atoms with Gasteiger partial charge in [0.2, 0.25) is 0 Å². The smallest absolute Gasteiger partial charge is 0.317 e. The summed E-state index contributed by atoms with van der Waals surface area (Å²) in [6.07, 6.45) is 4.24. The zero-order valence-electron chi connectivity index (χ0n) is 8.03. The predicted molar refractivity (Wildman–Crippen MR) is 47.5 cm³/mol. The number of carbonyl (C=O) groups is 2. The molecule has 1 heterocycles. The molecule has 4 nitrogen and oxygen atoms in total. The molecule has 2 aliphatic rings. The van der Waals surface area contributed by atoms with Crippen LogP contribution in [-0.2, 0) is 19.1 Å². The summed E-state index contributed by atoms with van der Waals surface area (Å²) in [4.78, 5) is 22.3. The molecule has 1 saturated carbocycles. The number of ether oxygens (including phenoxy) is 2. The number of rotatable bonds is 0. The molecule has 1 aliphatic carbocycles. The molecule has 0 N–H and O–H groups in total. The molecule has 0 aromatic heterocycles. The average molecular weight is 198 g/mol. The third-order valence-corrected chi connectivity index (χ3v) is 2.75. The van der Waals surface area contributed by atoms with Gasteiger partial charge in [0, 0.05) is 0 Å². The van der Waals surface area contributed by atoms with Gasteiger partial charge in [-0.2, -0.15) is 0 Å². The van der Waals surface area contributed by atoms with E-state index >= 15 is 0 Å². The largest absolute Gasteiger partial charge is 0.458 e. The van der Waals surface area contributed by atoms with E-state index in [0.29, 0.717) is 0 Å². The lowest BCUT2D eigenvalue weighted by Crippen LogP contribution is -2.30. The number of carbonyl (C=O) groups excluding carboxylic acids is 2. The molecule has 0 spiro atoms. The quantitative estimate of drug-likeness (QED) is 0.433. The van der Waals surface area contributed by atoms with Crippen LogP contribution in [0.15, 0.2) is 0 Å². The molecule has 0 amide bonds. The van der Waals surface area contributed by atoms with E-state index in [-0.39, 0.29) is 18.6 Å². The minimum Gasteiger partial charge on any atom is -0.458 e. The minimum atomic E-state index is -0.440. The van der Waals surface area contributed by atoms with Crippen molar-refractivity contribution in [3.63, 3.8) is 0 Å². The molecule has 2 rings (SSSR count). The fourth-order valence-corrected chi connectivity index (χ4v) is 2.05. The molecular formula is C10H14O4. The maximum Gasteiger partial charge on any atom is 0.317 e. The second-order valence-electron chi connectivity index (χ2n) is 3.87. The van der Waals surface area contributed by atoms with Crippen LogP contribution in [-0.4, -0.2) is 24.1 Å². The zero-order valence-corrected chi connectivity index (χ0v) is 8.03. The summed E-state index contributed by atoms with van der Waals surface area (Å²) >= 11 is 0. The van der Waals surface area contributed by atoms with Crippen LogP contribution in [0.2, 0.25) is 0 Å². The van der Waals surface area contributed by atoms with E-state index in [4.69, 9.17) is 9.47 Å². The lowest BCUT2D eigenvalue weighted by Gasteiger charge is -2.20. The normalized spacial score (nSPS) is 33.4. The van der Waals surface area contributed by atoms with Gasteiger partial charge in [0.05, 0.1) is 0 Å². The predicted octanol–water partition coefficient (Wildman–Crippen LogP) is 1.18. The Bertz CT molecular complexity index is 225. The van der Waals surface area contributed by atoms with Gasteiger partial charge < -0.3 is 9.47 Å². The molecular weight excluding hydrogens is 184 g/mol. The van der Waals surface area contributed by atoms with Crippen molar-refractivity contribution in [2.45, 2.75) is 50.7 Å². The van der Waals surface area contributed by atoms with Crippen molar-refractivity contribution in [1.29, 1.82) is 0 Å². The molecule has 1 saturated heterocycles. The molecule has 0 aromatic carbocycles. The summed E-state index contributed by atoms with van der Waals surface area (Å²) in [5.41, 5.74) is 0. The van der Waals surface area contributed by atoms with E-state index in [1.165, 1.54) is 0 Å². The molecule has 0 unspecified atom stereocenters. The minimum absolute atomic E-state index is 0.198. The standard InChI is InChI=1S/C10H14O4/c11-9-6-10(12)14-8-5-3-1-2-4-7(8)13-9/h7-8H,1-6H2/t7-,8+. The van der Waals surface area contributed by atoms with Crippen LogP contribution >= 0.6 is 0 Å². The van der Waals surface area contributed by atoms with Crippen LogP contribution in [0.3, 0.4) is 0 Å². The first-order chi connectivity index (χ1) is 6.75. The maximum atomic E-state index is 11.1. The summed E-state index contributed by atoms with van der Waals surface area (Å²) in [7, 11) is 0. The highest BCUT2D eigenvalue weighted by Crippen LogP contribution is 2.25. The third-order valence-electron chi connectivity index (χ3n) is 2.75. The number of esters is 2. The summed E-state index contributed by atoms with van der Waals surface area (Å²) in [5, 5.41) is 0. The summed E-state index contributed by atoms with van der Waals surface area (Å²) < 4.78 is 10.4. The van der Waals surface area contributed by atoms with Crippen LogP contribution in [0.1, 0.15) is 38.5 Å². The third kappa shape index (κ3) is 2.05. The van der Waals surface area contributed by atoms with Gasteiger partial charge in [-0.25, -0.2) is 0 Å². The Labute approximate surface area is 82.6 Å². The van der Waals surface area contributed by atoms with Crippen molar-refractivity contribution in [3.05, 3.63) is 0 Å².